The van der Waals surface area contributed by atoms with Crippen LogP contribution in [-0.2, 0) is 27.3 Å². The lowest BCUT2D eigenvalue weighted by Gasteiger charge is -2.34. The van der Waals surface area contributed by atoms with E-state index in [4.69, 9.17) is 27.9 Å². The number of benzene rings is 3. The molecule has 0 saturated heterocycles. The largest absolute Gasteiger partial charge is 0.463 e. The first-order chi connectivity index (χ1) is 19.2. The molecule has 208 valence electrons. The minimum atomic E-state index is -0.419. The maximum absolute atomic E-state index is 13.4. The molecule has 0 spiro atoms. The number of nitrogens with one attached hydrogen (secondary N) is 1. The number of hydrogen-bond donors (Lipinski definition) is 1. The standard InChI is InChI=1S/C32H32Cl2N2O4/c1-4-40-32(39)30-21(3)36(29(37)18-27(30)23-10-8-20(2)9-11-23)19-22-6-5-7-25(16-22)31(38)35-15-14-24-12-13-26(33)17-28(24)34/h5-13,16-17,27H,4,14-15,18-19H2,1-3H3,(H,35,38). The lowest BCUT2D eigenvalue weighted by molar-refractivity contribution is -0.140. The van der Waals surface area contributed by atoms with Gasteiger partial charge >= 0.3 is 5.97 Å². The fraction of sp³-hybridized carbons (Fsp3) is 0.281. The Labute approximate surface area is 244 Å². The number of carbonyl (C=O) groups excluding carboxylic acids is 3. The zero-order valence-electron chi connectivity index (χ0n) is 22.8. The molecule has 0 saturated carbocycles. The second-order valence-electron chi connectivity index (χ2n) is 9.81. The predicted octanol–water partition coefficient (Wildman–Crippen LogP) is 6.63. The number of nitrogens with zero attached hydrogens (tertiary/aromatic N) is 1. The van der Waals surface area contributed by atoms with Crippen molar-refractivity contribution in [2.45, 2.75) is 46.1 Å². The normalized spacial score (nSPS) is 15.3. The molecule has 1 atom stereocenters. The predicted molar refractivity (Wildman–Crippen MR) is 157 cm³/mol. The summed E-state index contributed by atoms with van der Waals surface area (Å²) in [6.45, 7) is 6.42. The van der Waals surface area contributed by atoms with Crippen LogP contribution in [0.1, 0.15) is 58.8 Å². The van der Waals surface area contributed by atoms with E-state index in [1.54, 1.807) is 49.1 Å². The molecule has 1 N–H and O–H groups in total. The summed E-state index contributed by atoms with van der Waals surface area (Å²) in [7, 11) is 0. The van der Waals surface area contributed by atoms with Crippen molar-refractivity contribution in [3.63, 3.8) is 0 Å². The summed E-state index contributed by atoms with van der Waals surface area (Å²) in [4.78, 5) is 40.9. The van der Waals surface area contributed by atoms with Gasteiger partial charge in [0.2, 0.25) is 5.91 Å². The third kappa shape index (κ3) is 6.93. The van der Waals surface area contributed by atoms with E-state index < -0.39 is 5.97 Å². The Morgan fingerprint density at radius 2 is 1.77 bits per heavy atom. The van der Waals surface area contributed by atoms with Gasteiger partial charge in [-0.3, -0.25) is 9.59 Å². The van der Waals surface area contributed by atoms with Crippen molar-refractivity contribution in [3.05, 3.63) is 116 Å². The topological polar surface area (TPSA) is 75.7 Å². The molecule has 0 bridgehead atoms. The second-order valence-corrected chi connectivity index (χ2v) is 10.7. The number of esters is 1. The van der Waals surface area contributed by atoms with Crippen molar-refractivity contribution in [3.8, 4) is 0 Å². The summed E-state index contributed by atoms with van der Waals surface area (Å²) in [6, 6.07) is 20.3. The average molecular weight is 580 g/mol. The highest BCUT2D eigenvalue weighted by Crippen LogP contribution is 2.38. The van der Waals surface area contributed by atoms with Gasteiger partial charge in [0, 0.05) is 40.2 Å². The Hall–Kier alpha value is -3.61. The number of amides is 2. The molecule has 0 radical (unpaired) electrons. The van der Waals surface area contributed by atoms with Crippen LogP contribution >= 0.6 is 23.2 Å². The summed E-state index contributed by atoms with van der Waals surface area (Å²) in [5.74, 6) is -1.12. The number of allylic oxidation sites excluding steroid dienone is 1. The number of hydrogen-bond acceptors (Lipinski definition) is 4. The van der Waals surface area contributed by atoms with Crippen LogP contribution in [0.2, 0.25) is 10.0 Å². The summed E-state index contributed by atoms with van der Waals surface area (Å²) < 4.78 is 5.39. The quantitative estimate of drug-likeness (QED) is 0.289. The van der Waals surface area contributed by atoms with Gasteiger partial charge in [-0.2, -0.15) is 0 Å². The van der Waals surface area contributed by atoms with Gasteiger partial charge in [0.1, 0.15) is 0 Å². The van der Waals surface area contributed by atoms with Gasteiger partial charge in [-0.25, -0.2) is 4.79 Å². The first-order valence-corrected chi connectivity index (χ1v) is 14.0. The third-order valence-corrected chi connectivity index (χ3v) is 7.61. The van der Waals surface area contributed by atoms with Crippen LogP contribution in [0.3, 0.4) is 0 Å². The molecule has 8 heteroatoms. The minimum Gasteiger partial charge on any atom is -0.463 e. The zero-order chi connectivity index (χ0) is 28.8. The Morgan fingerprint density at radius 3 is 2.48 bits per heavy atom. The van der Waals surface area contributed by atoms with Crippen LogP contribution in [0.4, 0.5) is 0 Å². The van der Waals surface area contributed by atoms with Crippen LogP contribution in [0.15, 0.2) is 78.0 Å². The van der Waals surface area contributed by atoms with E-state index in [0.717, 1.165) is 22.3 Å². The molecule has 1 aliphatic rings. The van der Waals surface area contributed by atoms with Gasteiger partial charge in [0.15, 0.2) is 0 Å². The molecular formula is C32H32Cl2N2O4. The van der Waals surface area contributed by atoms with Crippen molar-refractivity contribution >= 4 is 41.0 Å². The van der Waals surface area contributed by atoms with Crippen LogP contribution in [0.5, 0.6) is 0 Å². The molecule has 2 amide bonds. The molecule has 0 aliphatic carbocycles. The first kappa shape index (κ1) is 29.4. The Bertz CT molecular complexity index is 1450. The Balaban J connectivity index is 1.51. The molecule has 0 fully saturated rings. The van der Waals surface area contributed by atoms with Crippen LogP contribution < -0.4 is 5.32 Å². The average Bonchev–Trinajstić information content (AvgIpc) is 2.92. The fourth-order valence-corrected chi connectivity index (χ4v) is 5.39. The lowest BCUT2D eigenvalue weighted by Crippen LogP contribution is -2.38. The van der Waals surface area contributed by atoms with E-state index in [9.17, 15) is 14.4 Å². The number of ether oxygens (including phenoxy) is 1. The van der Waals surface area contributed by atoms with Gasteiger partial charge < -0.3 is 15.0 Å². The molecule has 6 nitrogen and oxygen atoms in total. The zero-order valence-corrected chi connectivity index (χ0v) is 24.3. The summed E-state index contributed by atoms with van der Waals surface area (Å²) in [5, 5.41) is 4.04. The van der Waals surface area contributed by atoms with E-state index in [1.165, 1.54) is 0 Å². The van der Waals surface area contributed by atoms with Crippen molar-refractivity contribution in [1.82, 2.24) is 10.2 Å². The molecule has 0 aromatic heterocycles. The minimum absolute atomic E-state index is 0.0918. The van der Waals surface area contributed by atoms with Gasteiger partial charge in [-0.1, -0.05) is 71.2 Å². The summed E-state index contributed by atoms with van der Waals surface area (Å²) in [5.41, 5.74) is 5.21. The molecule has 3 aromatic carbocycles. The van der Waals surface area contributed by atoms with E-state index in [0.29, 0.717) is 39.8 Å². The van der Waals surface area contributed by atoms with Gasteiger partial charge in [-0.05, 0) is 68.1 Å². The van der Waals surface area contributed by atoms with Crippen molar-refractivity contribution in [2.24, 2.45) is 0 Å². The number of carbonyl (C=O) groups is 3. The molecule has 1 heterocycles. The summed E-state index contributed by atoms with van der Waals surface area (Å²) >= 11 is 12.2. The smallest absolute Gasteiger partial charge is 0.336 e. The molecule has 1 aliphatic heterocycles. The van der Waals surface area contributed by atoms with E-state index >= 15 is 0 Å². The molecule has 40 heavy (non-hydrogen) atoms. The second kappa shape index (κ2) is 13.2. The highest BCUT2D eigenvalue weighted by Gasteiger charge is 2.36. The maximum atomic E-state index is 13.4. The van der Waals surface area contributed by atoms with E-state index in [-0.39, 0.29) is 37.3 Å². The van der Waals surface area contributed by atoms with Crippen molar-refractivity contribution < 1.29 is 19.1 Å². The third-order valence-electron chi connectivity index (χ3n) is 7.02. The lowest BCUT2D eigenvalue weighted by atomic mass is 9.83. The van der Waals surface area contributed by atoms with Gasteiger partial charge in [-0.15, -0.1) is 0 Å². The molecular weight excluding hydrogens is 547 g/mol. The first-order valence-electron chi connectivity index (χ1n) is 13.2. The van der Waals surface area contributed by atoms with Crippen LogP contribution in [0.25, 0.3) is 0 Å². The van der Waals surface area contributed by atoms with Crippen LogP contribution in [-0.4, -0.2) is 35.8 Å². The Morgan fingerprint density at radius 1 is 1.02 bits per heavy atom. The van der Waals surface area contributed by atoms with E-state index in [1.807, 2.05) is 43.3 Å². The fourth-order valence-electron chi connectivity index (χ4n) is 4.89. The highest BCUT2D eigenvalue weighted by molar-refractivity contribution is 6.35. The van der Waals surface area contributed by atoms with Crippen molar-refractivity contribution in [2.75, 3.05) is 13.2 Å². The molecule has 4 rings (SSSR count). The molecule has 1 unspecified atom stereocenters. The summed E-state index contributed by atoms with van der Waals surface area (Å²) in [6.07, 6.45) is 0.717. The highest BCUT2D eigenvalue weighted by atomic mass is 35.5. The van der Waals surface area contributed by atoms with Crippen molar-refractivity contribution in [1.29, 1.82) is 0 Å². The Kier molecular flexibility index (Phi) is 9.67. The van der Waals surface area contributed by atoms with Gasteiger partial charge in [0.05, 0.1) is 18.7 Å². The van der Waals surface area contributed by atoms with Crippen LogP contribution in [0, 0.1) is 6.92 Å². The SMILES string of the molecule is CCOC(=O)C1=C(C)N(Cc2cccc(C(=O)NCCc3ccc(Cl)cc3Cl)c2)C(=O)CC1c1ccc(C)cc1. The molecule has 3 aromatic rings. The number of halogens is 2. The number of aryl methyl sites for hydroxylation is 1. The monoisotopic (exact) mass is 578 g/mol. The van der Waals surface area contributed by atoms with E-state index in [2.05, 4.69) is 5.32 Å². The maximum Gasteiger partial charge on any atom is 0.336 e. The van der Waals surface area contributed by atoms with Gasteiger partial charge in [0.25, 0.3) is 5.91 Å². The number of rotatable bonds is 9.